The molecule has 2 aliphatic rings. The minimum Gasteiger partial charge on any atom is -0.396 e. The molecule has 1 heterocycles. The summed E-state index contributed by atoms with van der Waals surface area (Å²) in [6, 6.07) is 8.83. The SMILES string of the molecule is OCC1CCN(CC2Cc3ccccc32)CC1. The van der Waals surface area contributed by atoms with Gasteiger partial charge in [-0.1, -0.05) is 24.3 Å². The molecule has 1 aliphatic heterocycles. The summed E-state index contributed by atoms with van der Waals surface area (Å²) < 4.78 is 0. The van der Waals surface area contributed by atoms with Gasteiger partial charge in [0, 0.05) is 19.1 Å². The van der Waals surface area contributed by atoms with Crippen molar-refractivity contribution in [3.8, 4) is 0 Å². The molecule has 0 aromatic heterocycles. The number of rotatable bonds is 3. The van der Waals surface area contributed by atoms with Crippen LogP contribution in [0.5, 0.6) is 0 Å². The van der Waals surface area contributed by atoms with Gasteiger partial charge < -0.3 is 10.0 Å². The van der Waals surface area contributed by atoms with Gasteiger partial charge in [-0.3, -0.25) is 0 Å². The molecule has 1 fully saturated rings. The van der Waals surface area contributed by atoms with Gasteiger partial charge in [0.25, 0.3) is 0 Å². The van der Waals surface area contributed by atoms with Crippen molar-refractivity contribution in [1.29, 1.82) is 0 Å². The predicted molar refractivity (Wildman–Crippen MR) is 69.1 cm³/mol. The molecule has 1 N–H and O–H groups in total. The lowest BCUT2D eigenvalue weighted by Crippen LogP contribution is -2.39. The number of hydrogen-bond acceptors (Lipinski definition) is 2. The van der Waals surface area contributed by atoms with Gasteiger partial charge in [-0.05, 0) is 49.4 Å². The van der Waals surface area contributed by atoms with E-state index in [1.54, 1.807) is 11.1 Å². The monoisotopic (exact) mass is 231 g/mol. The van der Waals surface area contributed by atoms with Crippen molar-refractivity contribution >= 4 is 0 Å². The van der Waals surface area contributed by atoms with Crippen LogP contribution in [0.4, 0.5) is 0 Å². The van der Waals surface area contributed by atoms with Crippen LogP contribution in [-0.4, -0.2) is 36.2 Å². The molecule has 17 heavy (non-hydrogen) atoms. The molecule has 2 nitrogen and oxygen atoms in total. The maximum absolute atomic E-state index is 9.13. The fraction of sp³-hybridized carbons (Fsp3) is 0.600. The van der Waals surface area contributed by atoms with Gasteiger partial charge in [-0.25, -0.2) is 0 Å². The average molecular weight is 231 g/mol. The summed E-state index contributed by atoms with van der Waals surface area (Å²) in [5.41, 5.74) is 3.11. The van der Waals surface area contributed by atoms with Gasteiger partial charge in [-0.15, -0.1) is 0 Å². The molecule has 1 atom stereocenters. The van der Waals surface area contributed by atoms with Crippen LogP contribution in [0.3, 0.4) is 0 Å². The fourth-order valence-corrected chi connectivity index (χ4v) is 3.19. The van der Waals surface area contributed by atoms with E-state index in [0.29, 0.717) is 12.5 Å². The zero-order chi connectivity index (χ0) is 11.7. The number of nitrogens with zero attached hydrogens (tertiary/aromatic N) is 1. The first kappa shape index (κ1) is 11.2. The van der Waals surface area contributed by atoms with E-state index in [0.717, 1.165) is 5.92 Å². The van der Waals surface area contributed by atoms with Crippen molar-refractivity contribution < 1.29 is 5.11 Å². The zero-order valence-electron chi connectivity index (χ0n) is 10.3. The summed E-state index contributed by atoms with van der Waals surface area (Å²) in [6.07, 6.45) is 3.60. The number of hydrogen-bond donors (Lipinski definition) is 1. The largest absolute Gasteiger partial charge is 0.396 e. The third-order valence-corrected chi connectivity index (χ3v) is 4.41. The van der Waals surface area contributed by atoms with Crippen LogP contribution in [0.2, 0.25) is 0 Å². The number of piperidine rings is 1. The zero-order valence-corrected chi connectivity index (χ0v) is 10.3. The second kappa shape index (κ2) is 4.79. The van der Waals surface area contributed by atoms with Crippen LogP contribution < -0.4 is 0 Å². The first-order valence-corrected chi connectivity index (χ1v) is 6.78. The van der Waals surface area contributed by atoms with E-state index in [4.69, 9.17) is 5.11 Å². The molecule has 0 bridgehead atoms. The van der Waals surface area contributed by atoms with Crippen molar-refractivity contribution in [3.63, 3.8) is 0 Å². The third kappa shape index (κ3) is 2.24. The molecule has 0 amide bonds. The molecule has 1 aliphatic carbocycles. The highest BCUT2D eigenvalue weighted by Crippen LogP contribution is 2.35. The van der Waals surface area contributed by atoms with Crippen LogP contribution in [0.25, 0.3) is 0 Å². The van der Waals surface area contributed by atoms with E-state index >= 15 is 0 Å². The summed E-state index contributed by atoms with van der Waals surface area (Å²) in [4.78, 5) is 2.58. The van der Waals surface area contributed by atoms with E-state index in [1.165, 1.54) is 38.9 Å². The van der Waals surface area contributed by atoms with Gasteiger partial charge in [0.1, 0.15) is 0 Å². The number of benzene rings is 1. The Morgan fingerprint density at radius 2 is 1.94 bits per heavy atom. The quantitative estimate of drug-likeness (QED) is 0.860. The lowest BCUT2D eigenvalue weighted by molar-refractivity contribution is 0.125. The van der Waals surface area contributed by atoms with Crippen LogP contribution in [0.1, 0.15) is 29.9 Å². The summed E-state index contributed by atoms with van der Waals surface area (Å²) in [7, 11) is 0. The molecular weight excluding hydrogens is 210 g/mol. The van der Waals surface area contributed by atoms with Crippen molar-refractivity contribution in [2.24, 2.45) is 5.92 Å². The second-order valence-electron chi connectivity index (χ2n) is 5.53. The average Bonchev–Trinajstić information content (AvgIpc) is 2.37. The molecule has 92 valence electrons. The molecule has 3 rings (SSSR count). The Labute approximate surface area is 103 Å². The van der Waals surface area contributed by atoms with Crippen molar-refractivity contribution in [2.75, 3.05) is 26.2 Å². The molecule has 1 aromatic carbocycles. The molecule has 0 saturated carbocycles. The lowest BCUT2D eigenvalue weighted by Gasteiger charge is -2.38. The van der Waals surface area contributed by atoms with Gasteiger partial charge in [0.05, 0.1) is 0 Å². The number of likely N-dealkylation sites (tertiary alicyclic amines) is 1. The van der Waals surface area contributed by atoms with Crippen LogP contribution in [-0.2, 0) is 6.42 Å². The Hall–Kier alpha value is -0.860. The Bertz CT molecular complexity index is 382. The van der Waals surface area contributed by atoms with Crippen molar-refractivity contribution in [1.82, 2.24) is 4.90 Å². The van der Waals surface area contributed by atoms with Gasteiger partial charge in [-0.2, -0.15) is 0 Å². The highest BCUT2D eigenvalue weighted by molar-refractivity contribution is 5.40. The van der Waals surface area contributed by atoms with Crippen molar-refractivity contribution in [2.45, 2.75) is 25.2 Å². The second-order valence-corrected chi connectivity index (χ2v) is 5.53. The minimum atomic E-state index is 0.375. The topological polar surface area (TPSA) is 23.5 Å². The molecule has 0 radical (unpaired) electrons. The van der Waals surface area contributed by atoms with Crippen molar-refractivity contribution in [3.05, 3.63) is 35.4 Å². The smallest absolute Gasteiger partial charge is 0.0460 e. The molecule has 1 aromatic rings. The first-order chi connectivity index (χ1) is 8.36. The van der Waals surface area contributed by atoms with E-state index in [2.05, 4.69) is 29.2 Å². The molecule has 0 spiro atoms. The number of aliphatic hydroxyl groups is 1. The summed E-state index contributed by atoms with van der Waals surface area (Å²) in [5, 5.41) is 9.13. The third-order valence-electron chi connectivity index (χ3n) is 4.41. The summed E-state index contributed by atoms with van der Waals surface area (Å²) >= 11 is 0. The first-order valence-electron chi connectivity index (χ1n) is 6.78. The molecule has 1 saturated heterocycles. The van der Waals surface area contributed by atoms with Crippen LogP contribution >= 0.6 is 0 Å². The molecule has 2 heteroatoms. The van der Waals surface area contributed by atoms with Crippen LogP contribution in [0, 0.1) is 5.92 Å². The fourth-order valence-electron chi connectivity index (χ4n) is 3.19. The lowest BCUT2D eigenvalue weighted by atomic mass is 9.77. The Morgan fingerprint density at radius 1 is 1.18 bits per heavy atom. The highest BCUT2D eigenvalue weighted by Gasteiger charge is 2.28. The highest BCUT2D eigenvalue weighted by atomic mass is 16.3. The Morgan fingerprint density at radius 3 is 2.65 bits per heavy atom. The summed E-state index contributed by atoms with van der Waals surface area (Å²) in [6.45, 7) is 3.93. The van der Waals surface area contributed by atoms with E-state index in [1.807, 2.05) is 0 Å². The standard InChI is InChI=1S/C15H21NO/c17-11-12-5-7-16(8-6-12)10-14-9-13-3-1-2-4-15(13)14/h1-4,12,14,17H,5-11H2. The van der Waals surface area contributed by atoms with Crippen LogP contribution in [0.15, 0.2) is 24.3 Å². The normalized spacial score (nSPS) is 25.4. The maximum atomic E-state index is 9.13. The number of fused-ring (bicyclic) bond motifs is 1. The van der Waals surface area contributed by atoms with E-state index in [-0.39, 0.29) is 0 Å². The van der Waals surface area contributed by atoms with E-state index < -0.39 is 0 Å². The van der Waals surface area contributed by atoms with Gasteiger partial charge in [0.15, 0.2) is 0 Å². The molecular formula is C15H21NO. The minimum absolute atomic E-state index is 0.375. The van der Waals surface area contributed by atoms with E-state index in [9.17, 15) is 0 Å². The maximum Gasteiger partial charge on any atom is 0.0460 e. The summed E-state index contributed by atoms with van der Waals surface area (Å²) in [5.74, 6) is 1.32. The molecule has 1 unspecified atom stereocenters. The Kier molecular flexibility index (Phi) is 3.17. The predicted octanol–water partition coefficient (Wildman–Crippen LogP) is 2.03. The van der Waals surface area contributed by atoms with Gasteiger partial charge in [0.2, 0.25) is 0 Å². The van der Waals surface area contributed by atoms with Gasteiger partial charge >= 0.3 is 0 Å². The number of aliphatic hydroxyl groups excluding tert-OH is 1. The Balaban J connectivity index is 1.53.